The normalized spacial score (nSPS) is 12.5. The van der Waals surface area contributed by atoms with E-state index in [1.165, 1.54) is 11.3 Å². The van der Waals surface area contributed by atoms with Crippen LogP contribution < -0.4 is 5.32 Å². The van der Waals surface area contributed by atoms with Crippen LogP contribution in [0, 0.1) is 6.92 Å². The van der Waals surface area contributed by atoms with Gasteiger partial charge < -0.3 is 15.5 Å². The summed E-state index contributed by atoms with van der Waals surface area (Å²) in [5.74, 6) is -1.71. The number of carboxylic acids is 1. The van der Waals surface area contributed by atoms with Crippen LogP contribution in [0.2, 0.25) is 0 Å². The topological polar surface area (TPSA) is 104 Å². The van der Waals surface area contributed by atoms with Crippen molar-refractivity contribution in [3.05, 3.63) is 23.0 Å². The van der Waals surface area contributed by atoms with E-state index in [-0.39, 0.29) is 6.42 Å². The Morgan fingerprint density at radius 2 is 2.32 bits per heavy atom. The van der Waals surface area contributed by atoms with Gasteiger partial charge in [-0.15, -0.1) is 11.3 Å². The van der Waals surface area contributed by atoms with Gasteiger partial charge in [0.25, 0.3) is 0 Å². The maximum Gasteiger partial charge on any atom is 0.328 e. The van der Waals surface area contributed by atoms with Gasteiger partial charge in [0, 0.05) is 17.3 Å². The molecule has 2 aromatic heterocycles. The molecular formula is C11H13N3O4S. The van der Waals surface area contributed by atoms with Crippen molar-refractivity contribution in [1.82, 2.24) is 14.7 Å². The number of thiazole rings is 1. The number of fused-ring (bicyclic) bond motifs is 1. The first kappa shape index (κ1) is 13.5. The maximum atomic E-state index is 11.7. The molecule has 0 aliphatic carbocycles. The van der Waals surface area contributed by atoms with Crippen molar-refractivity contribution in [2.24, 2.45) is 0 Å². The number of carbonyl (C=O) groups excluding carboxylic acids is 1. The van der Waals surface area contributed by atoms with Crippen LogP contribution >= 0.6 is 11.3 Å². The van der Waals surface area contributed by atoms with Crippen molar-refractivity contribution in [1.29, 1.82) is 0 Å². The standard InChI is InChI=1S/C11H13N3O4S/c1-6-3-14-7(5-19-11(14)12-6)2-9(16)13-8(4-15)10(17)18/h3,5,8,15H,2,4H2,1H3,(H,13,16)(H,17,18)/t8-/m1/s1. The Bertz CT molecular complexity index is 619. The van der Waals surface area contributed by atoms with Crippen LogP contribution in [0.5, 0.6) is 0 Å². The molecule has 8 heteroatoms. The summed E-state index contributed by atoms with van der Waals surface area (Å²) in [5.41, 5.74) is 1.59. The number of nitrogens with one attached hydrogen (secondary N) is 1. The summed E-state index contributed by atoms with van der Waals surface area (Å²) in [5, 5.41) is 21.6. The number of hydrogen-bond acceptors (Lipinski definition) is 5. The third-order valence-corrected chi connectivity index (χ3v) is 3.45. The van der Waals surface area contributed by atoms with E-state index in [4.69, 9.17) is 10.2 Å². The Morgan fingerprint density at radius 1 is 1.58 bits per heavy atom. The minimum absolute atomic E-state index is 0.0412. The number of nitrogens with zero attached hydrogens (tertiary/aromatic N) is 2. The fraction of sp³-hybridized carbons (Fsp3) is 0.364. The van der Waals surface area contributed by atoms with E-state index in [9.17, 15) is 9.59 Å². The lowest BCUT2D eigenvalue weighted by Gasteiger charge is -2.11. The summed E-state index contributed by atoms with van der Waals surface area (Å²) < 4.78 is 1.80. The van der Waals surface area contributed by atoms with Gasteiger partial charge in [0.15, 0.2) is 4.96 Å². The Balaban J connectivity index is 2.08. The predicted octanol–water partition coefficient (Wildman–Crippen LogP) is -0.192. The van der Waals surface area contributed by atoms with E-state index in [2.05, 4.69) is 10.3 Å². The van der Waals surface area contributed by atoms with E-state index in [0.717, 1.165) is 16.3 Å². The Labute approximate surface area is 112 Å². The SMILES string of the molecule is Cc1cn2c(CC(=O)N[C@H](CO)C(=O)O)csc2n1. The zero-order valence-electron chi connectivity index (χ0n) is 10.2. The molecule has 2 heterocycles. The predicted molar refractivity (Wildman–Crippen MR) is 68.2 cm³/mol. The van der Waals surface area contributed by atoms with Crippen molar-refractivity contribution in [3.63, 3.8) is 0 Å². The molecule has 0 bridgehead atoms. The number of aliphatic hydroxyl groups excluding tert-OH is 1. The number of amides is 1. The Morgan fingerprint density at radius 3 is 2.95 bits per heavy atom. The highest BCUT2D eigenvalue weighted by Gasteiger charge is 2.19. The molecule has 0 saturated heterocycles. The second kappa shape index (κ2) is 5.37. The Kier molecular flexibility index (Phi) is 3.82. The lowest BCUT2D eigenvalue weighted by Crippen LogP contribution is -2.44. The summed E-state index contributed by atoms with van der Waals surface area (Å²) in [7, 11) is 0. The molecule has 102 valence electrons. The van der Waals surface area contributed by atoms with Crippen LogP contribution in [0.1, 0.15) is 11.4 Å². The van der Waals surface area contributed by atoms with E-state index in [1.54, 1.807) is 9.78 Å². The van der Waals surface area contributed by atoms with Gasteiger partial charge >= 0.3 is 5.97 Å². The average molecular weight is 283 g/mol. The van der Waals surface area contributed by atoms with Crippen LogP contribution in [-0.2, 0) is 16.0 Å². The average Bonchev–Trinajstić information content (AvgIpc) is 2.86. The van der Waals surface area contributed by atoms with Gasteiger partial charge in [-0.1, -0.05) is 0 Å². The van der Waals surface area contributed by atoms with Crippen molar-refractivity contribution in [3.8, 4) is 0 Å². The molecular weight excluding hydrogens is 270 g/mol. The highest BCUT2D eigenvalue weighted by atomic mass is 32.1. The number of carbonyl (C=O) groups is 2. The number of aromatic nitrogens is 2. The minimum atomic E-state index is -1.27. The molecule has 7 nitrogen and oxygen atoms in total. The summed E-state index contributed by atoms with van der Waals surface area (Å²) in [6.45, 7) is 1.22. The smallest absolute Gasteiger partial charge is 0.328 e. The van der Waals surface area contributed by atoms with Crippen LogP contribution in [0.3, 0.4) is 0 Å². The van der Waals surface area contributed by atoms with Gasteiger partial charge in [0.1, 0.15) is 6.04 Å². The molecule has 0 aliphatic heterocycles. The zero-order valence-corrected chi connectivity index (χ0v) is 11.0. The molecule has 0 saturated carbocycles. The summed E-state index contributed by atoms with van der Waals surface area (Å²) in [6.07, 6.45) is 1.86. The van der Waals surface area contributed by atoms with Crippen LogP contribution in [0.15, 0.2) is 11.6 Å². The summed E-state index contributed by atoms with van der Waals surface area (Å²) in [6, 6.07) is -1.27. The molecule has 0 aliphatic rings. The number of rotatable bonds is 5. The quantitative estimate of drug-likeness (QED) is 0.705. The Hall–Kier alpha value is -1.93. The second-order valence-electron chi connectivity index (χ2n) is 4.08. The van der Waals surface area contributed by atoms with E-state index < -0.39 is 24.5 Å². The minimum Gasteiger partial charge on any atom is -0.480 e. The van der Waals surface area contributed by atoms with Gasteiger partial charge in [0.05, 0.1) is 18.7 Å². The number of aliphatic carboxylic acids is 1. The third-order valence-electron chi connectivity index (χ3n) is 2.56. The van der Waals surface area contributed by atoms with Gasteiger partial charge in [-0.3, -0.25) is 9.20 Å². The van der Waals surface area contributed by atoms with Gasteiger partial charge in [0.2, 0.25) is 5.91 Å². The van der Waals surface area contributed by atoms with Crippen molar-refractivity contribution < 1.29 is 19.8 Å². The fourth-order valence-corrected chi connectivity index (χ4v) is 2.58. The third kappa shape index (κ3) is 2.91. The molecule has 1 amide bonds. The first-order chi connectivity index (χ1) is 9.01. The number of aryl methyl sites for hydroxylation is 1. The van der Waals surface area contributed by atoms with Crippen molar-refractivity contribution >= 4 is 28.2 Å². The van der Waals surface area contributed by atoms with Gasteiger partial charge in [-0.2, -0.15) is 0 Å². The lowest BCUT2D eigenvalue weighted by molar-refractivity contribution is -0.142. The molecule has 1 atom stereocenters. The molecule has 0 aromatic carbocycles. The fourth-order valence-electron chi connectivity index (χ4n) is 1.66. The molecule has 2 aromatic rings. The van der Waals surface area contributed by atoms with Crippen molar-refractivity contribution in [2.45, 2.75) is 19.4 Å². The molecule has 0 radical (unpaired) electrons. The summed E-state index contributed by atoms with van der Waals surface area (Å²) in [4.78, 5) is 27.5. The number of aliphatic hydroxyl groups is 1. The molecule has 0 fully saturated rings. The second-order valence-corrected chi connectivity index (χ2v) is 4.92. The first-order valence-corrected chi connectivity index (χ1v) is 6.44. The van der Waals surface area contributed by atoms with E-state index >= 15 is 0 Å². The molecule has 0 unspecified atom stereocenters. The molecule has 19 heavy (non-hydrogen) atoms. The molecule has 0 spiro atoms. The monoisotopic (exact) mass is 283 g/mol. The van der Waals surface area contributed by atoms with Gasteiger partial charge in [-0.25, -0.2) is 9.78 Å². The van der Waals surface area contributed by atoms with Crippen LogP contribution in [0.25, 0.3) is 4.96 Å². The summed E-state index contributed by atoms with van der Waals surface area (Å²) >= 11 is 1.41. The number of carboxylic acid groups (broad SMARTS) is 1. The number of imidazole rings is 1. The van der Waals surface area contributed by atoms with Crippen LogP contribution in [-0.4, -0.2) is 44.1 Å². The highest BCUT2D eigenvalue weighted by molar-refractivity contribution is 7.15. The zero-order chi connectivity index (χ0) is 14.0. The van der Waals surface area contributed by atoms with E-state index in [1.807, 2.05) is 13.1 Å². The maximum absolute atomic E-state index is 11.7. The largest absolute Gasteiger partial charge is 0.480 e. The number of hydrogen-bond donors (Lipinski definition) is 3. The molecule has 3 N–H and O–H groups in total. The van der Waals surface area contributed by atoms with Gasteiger partial charge in [-0.05, 0) is 6.92 Å². The highest BCUT2D eigenvalue weighted by Crippen LogP contribution is 2.16. The first-order valence-electron chi connectivity index (χ1n) is 5.56. The lowest BCUT2D eigenvalue weighted by atomic mass is 10.2. The molecule has 2 rings (SSSR count). The van der Waals surface area contributed by atoms with E-state index in [0.29, 0.717) is 0 Å². The van der Waals surface area contributed by atoms with Crippen LogP contribution in [0.4, 0.5) is 0 Å². The van der Waals surface area contributed by atoms with Crippen molar-refractivity contribution in [2.75, 3.05) is 6.61 Å².